The van der Waals surface area contributed by atoms with Crippen molar-refractivity contribution in [3.8, 4) is 0 Å². The van der Waals surface area contributed by atoms with Crippen LogP contribution in [0.3, 0.4) is 0 Å². The van der Waals surface area contributed by atoms with Gasteiger partial charge in [0.25, 0.3) is 0 Å². The minimum atomic E-state index is -0.340. The fourth-order valence-corrected chi connectivity index (χ4v) is 2.60. The summed E-state index contributed by atoms with van der Waals surface area (Å²) in [6, 6.07) is 7.36. The maximum absolute atomic E-state index is 11.6. The van der Waals surface area contributed by atoms with Crippen LogP contribution in [0, 0.1) is 0 Å². The molecule has 102 valence electrons. The van der Waals surface area contributed by atoms with Crippen LogP contribution >= 0.6 is 0 Å². The van der Waals surface area contributed by atoms with Crippen LogP contribution < -0.4 is 4.90 Å². The summed E-state index contributed by atoms with van der Waals surface area (Å²) >= 11 is 0. The molecule has 0 aliphatic carbocycles. The Labute approximate surface area is 113 Å². The van der Waals surface area contributed by atoms with Crippen molar-refractivity contribution < 1.29 is 14.3 Å². The molecule has 1 saturated heterocycles. The monoisotopic (exact) mass is 261 g/mol. The second-order valence-corrected chi connectivity index (χ2v) is 5.47. The third-order valence-electron chi connectivity index (χ3n) is 3.55. The number of piperidine rings is 1. The summed E-state index contributed by atoms with van der Waals surface area (Å²) in [5, 5.41) is 0. The van der Waals surface area contributed by atoms with Crippen molar-refractivity contribution in [3.05, 3.63) is 29.8 Å². The van der Waals surface area contributed by atoms with Gasteiger partial charge >= 0.3 is 5.97 Å². The Hall–Kier alpha value is -1.84. The highest BCUT2D eigenvalue weighted by atomic mass is 16.5. The molecular weight excluding hydrogens is 242 g/mol. The van der Waals surface area contributed by atoms with Gasteiger partial charge < -0.3 is 9.64 Å². The highest BCUT2D eigenvalue weighted by Gasteiger charge is 2.34. The van der Waals surface area contributed by atoms with Crippen LogP contribution in [0.15, 0.2) is 24.3 Å². The molecule has 1 aromatic carbocycles. The number of hydrogen-bond acceptors (Lipinski definition) is 4. The van der Waals surface area contributed by atoms with Gasteiger partial charge in [0, 0.05) is 30.6 Å². The van der Waals surface area contributed by atoms with Gasteiger partial charge in [0.05, 0.1) is 12.7 Å². The number of Topliss-reactive ketones (excluding diaryl/α,β-unsaturated/α-hetero) is 1. The Morgan fingerprint density at radius 3 is 2.74 bits per heavy atom. The van der Waals surface area contributed by atoms with E-state index < -0.39 is 0 Å². The van der Waals surface area contributed by atoms with E-state index in [-0.39, 0.29) is 11.5 Å². The zero-order chi connectivity index (χ0) is 14.0. The van der Waals surface area contributed by atoms with Crippen LogP contribution in [0.5, 0.6) is 0 Å². The van der Waals surface area contributed by atoms with E-state index in [9.17, 15) is 9.59 Å². The predicted octanol–water partition coefficient (Wildman–Crippen LogP) is 2.42. The molecule has 2 rings (SSSR count). The van der Waals surface area contributed by atoms with E-state index in [0.29, 0.717) is 30.7 Å². The molecular formula is C15H19NO3. The molecule has 0 unspecified atom stereocenters. The molecule has 1 fully saturated rings. The van der Waals surface area contributed by atoms with Gasteiger partial charge in [-0.25, -0.2) is 4.79 Å². The molecule has 0 spiro atoms. The van der Waals surface area contributed by atoms with Crippen molar-refractivity contribution in [2.24, 2.45) is 0 Å². The van der Waals surface area contributed by atoms with E-state index in [1.165, 1.54) is 7.11 Å². The van der Waals surface area contributed by atoms with E-state index in [0.717, 1.165) is 5.69 Å². The summed E-state index contributed by atoms with van der Waals surface area (Å²) < 4.78 is 4.74. The maximum atomic E-state index is 11.6. The summed E-state index contributed by atoms with van der Waals surface area (Å²) in [6.45, 7) is 4.79. The molecule has 0 aromatic heterocycles. The van der Waals surface area contributed by atoms with Crippen molar-refractivity contribution in [2.75, 3.05) is 18.6 Å². The standard InChI is InChI=1S/C15H19NO3/c1-15(2)10-13(17)7-8-16(15)12-6-4-5-11(9-12)14(18)19-3/h4-6,9H,7-8,10H2,1-3H3. The second-order valence-electron chi connectivity index (χ2n) is 5.47. The highest BCUT2D eigenvalue weighted by Crippen LogP contribution is 2.31. The van der Waals surface area contributed by atoms with E-state index in [4.69, 9.17) is 4.74 Å². The minimum Gasteiger partial charge on any atom is -0.465 e. The molecule has 0 N–H and O–H groups in total. The van der Waals surface area contributed by atoms with Gasteiger partial charge in [-0.15, -0.1) is 0 Å². The van der Waals surface area contributed by atoms with E-state index in [1.807, 2.05) is 18.2 Å². The Morgan fingerprint density at radius 2 is 2.11 bits per heavy atom. The molecule has 1 aromatic rings. The fraction of sp³-hybridized carbons (Fsp3) is 0.467. The first kappa shape index (κ1) is 13.6. The molecule has 1 aliphatic heterocycles. The van der Waals surface area contributed by atoms with E-state index in [2.05, 4.69) is 18.7 Å². The van der Waals surface area contributed by atoms with E-state index >= 15 is 0 Å². The fourth-order valence-electron chi connectivity index (χ4n) is 2.60. The van der Waals surface area contributed by atoms with Gasteiger partial charge in [0.1, 0.15) is 5.78 Å². The third-order valence-corrected chi connectivity index (χ3v) is 3.55. The van der Waals surface area contributed by atoms with Crippen LogP contribution in [0.4, 0.5) is 5.69 Å². The van der Waals surface area contributed by atoms with Gasteiger partial charge in [0.15, 0.2) is 0 Å². The number of esters is 1. The zero-order valence-electron chi connectivity index (χ0n) is 11.6. The highest BCUT2D eigenvalue weighted by molar-refractivity contribution is 5.90. The Morgan fingerprint density at radius 1 is 1.37 bits per heavy atom. The summed E-state index contributed by atoms with van der Waals surface area (Å²) in [4.78, 5) is 25.3. The van der Waals surface area contributed by atoms with Gasteiger partial charge in [-0.2, -0.15) is 0 Å². The number of hydrogen-bond donors (Lipinski definition) is 0. The van der Waals surface area contributed by atoms with Crippen LogP contribution in [0.25, 0.3) is 0 Å². The number of anilines is 1. The number of ether oxygens (including phenoxy) is 1. The number of ketones is 1. The second kappa shape index (κ2) is 5.03. The quantitative estimate of drug-likeness (QED) is 0.767. The summed E-state index contributed by atoms with van der Waals surface area (Å²) in [5.74, 6) is -0.0434. The van der Waals surface area contributed by atoms with Crippen molar-refractivity contribution in [2.45, 2.75) is 32.2 Å². The maximum Gasteiger partial charge on any atom is 0.337 e. The lowest BCUT2D eigenvalue weighted by Crippen LogP contribution is -2.50. The molecule has 0 amide bonds. The van der Waals surface area contributed by atoms with Crippen molar-refractivity contribution in [3.63, 3.8) is 0 Å². The largest absolute Gasteiger partial charge is 0.465 e. The van der Waals surface area contributed by atoms with Gasteiger partial charge in [-0.05, 0) is 32.0 Å². The third kappa shape index (κ3) is 2.78. The molecule has 19 heavy (non-hydrogen) atoms. The predicted molar refractivity (Wildman–Crippen MR) is 73.4 cm³/mol. The van der Waals surface area contributed by atoms with Crippen LogP contribution in [0.1, 0.15) is 37.0 Å². The molecule has 0 bridgehead atoms. The Bertz CT molecular complexity index is 508. The average molecular weight is 261 g/mol. The lowest BCUT2D eigenvalue weighted by molar-refractivity contribution is -0.121. The van der Waals surface area contributed by atoms with Crippen molar-refractivity contribution in [1.82, 2.24) is 0 Å². The smallest absolute Gasteiger partial charge is 0.337 e. The molecule has 0 atom stereocenters. The summed E-state index contributed by atoms with van der Waals surface area (Å²) in [5.41, 5.74) is 1.28. The first-order chi connectivity index (χ1) is 8.94. The molecule has 0 saturated carbocycles. The normalized spacial score (nSPS) is 18.3. The number of nitrogens with zero attached hydrogens (tertiary/aromatic N) is 1. The van der Waals surface area contributed by atoms with Crippen LogP contribution in [-0.2, 0) is 9.53 Å². The number of rotatable bonds is 2. The first-order valence-corrected chi connectivity index (χ1v) is 6.42. The zero-order valence-corrected chi connectivity index (χ0v) is 11.6. The van der Waals surface area contributed by atoms with Gasteiger partial charge in [0.2, 0.25) is 0 Å². The summed E-state index contributed by atoms with van der Waals surface area (Å²) in [6.07, 6.45) is 1.10. The van der Waals surface area contributed by atoms with Gasteiger partial charge in [-0.1, -0.05) is 6.07 Å². The van der Waals surface area contributed by atoms with Crippen molar-refractivity contribution >= 4 is 17.4 Å². The molecule has 4 heteroatoms. The number of carbonyl (C=O) groups is 2. The lowest BCUT2D eigenvalue weighted by Gasteiger charge is -2.43. The topological polar surface area (TPSA) is 46.6 Å². The lowest BCUT2D eigenvalue weighted by atomic mass is 9.89. The van der Waals surface area contributed by atoms with Gasteiger partial charge in [-0.3, -0.25) is 4.79 Å². The molecule has 0 radical (unpaired) electrons. The van der Waals surface area contributed by atoms with Crippen LogP contribution in [0.2, 0.25) is 0 Å². The van der Waals surface area contributed by atoms with Crippen LogP contribution in [-0.4, -0.2) is 30.9 Å². The molecule has 4 nitrogen and oxygen atoms in total. The first-order valence-electron chi connectivity index (χ1n) is 6.42. The van der Waals surface area contributed by atoms with Crippen molar-refractivity contribution in [1.29, 1.82) is 0 Å². The molecule has 1 aliphatic rings. The number of carbonyl (C=O) groups excluding carboxylic acids is 2. The Kier molecular flexibility index (Phi) is 3.60. The Balaban J connectivity index is 2.31. The minimum absolute atomic E-state index is 0.218. The SMILES string of the molecule is COC(=O)c1cccc(N2CCC(=O)CC2(C)C)c1. The average Bonchev–Trinajstić information content (AvgIpc) is 2.36. The molecule has 1 heterocycles. The summed E-state index contributed by atoms with van der Waals surface area (Å²) in [7, 11) is 1.37. The number of benzene rings is 1. The number of methoxy groups -OCH3 is 1. The van der Waals surface area contributed by atoms with E-state index in [1.54, 1.807) is 6.07 Å².